The van der Waals surface area contributed by atoms with Crippen molar-refractivity contribution in [1.82, 2.24) is 24.3 Å². The second-order valence-corrected chi connectivity index (χ2v) is 6.98. The van der Waals surface area contributed by atoms with Gasteiger partial charge in [-0.1, -0.05) is 6.07 Å². The van der Waals surface area contributed by atoms with Crippen LogP contribution in [0, 0.1) is 12.7 Å². The van der Waals surface area contributed by atoms with Crippen LogP contribution in [0.4, 0.5) is 29.2 Å². The van der Waals surface area contributed by atoms with Crippen molar-refractivity contribution in [3.63, 3.8) is 0 Å². The van der Waals surface area contributed by atoms with E-state index in [9.17, 15) is 17.6 Å². The van der Waals surface area contributed by atoms with Crippen molar-refractivity contribution in [3.8, 4) is 22.8 Å². The summed E-state index contributed by atoms with van der Waals surface area (Å²) in [5.41, 5.74) is 0.498. The number of alkyl halides is 3. The predicted molar refractivity (Wildman–Crippen MR) is 110 cm³/mol. The molecule has 1 N–H and O–H groups in total. The van der Waals surface area contributed by atoms with Crippen LogP contribution in [-0.4, -0.2) is 31.4 Å². The van der Waals surface area contributed by atoms with Gasteiger partial charge in [-0.2, -0.15) is 18.2 Å². The maximum Gasteiger partial charge on any atom is 0.419 e. The van der Waals surface area contributed by atoms with Gasteiger partial charge in [0.25, 0.3) is 0 Å². The van der Waals surface area contributed by atoms with Crippen LogP contribution in [0.1, 0.15) is 11.3 Å². The molecule has 0 radical (unpaired) electrons. The Balaban J connectivity index is 1.66. The molecular weight excluding hydrogens is 428 g/mol. The van der Waals surface area contributed by atoms with E-state index in [0.717, 1.165) is 17.4 Å². The minimum Gasteiger partial charge on any atom is -0.495 e. The van der Waals surface area contributed by atoms with Crippen molar-refractivity contribution in [1.29, 1.82) is 0 Å². The Hall–Kier alpha value is -3.89. The molecule has 0 aliphatic carbocycles. The number of aryl methyl sites for hydroxylation is 2. The van der Waals surface area contributed by atoms with Crippen LogP contribution in [0.5, 0.6) is 5.75 Å². The summed E-state index contributed by atoms with van der Waals surface area (Å²) < 4.78 is 61.9. The number of benzene rings is 2. The highest BCUT2D eigenvalue weighted by Gasteiger charge is 2.35. The molecule has 0 bridgehead atoms. The van der Waals surface area contributed by atoms with E-state index in [0.29, 0.717) is 17.4 Å². The van der Waals surface area contributed by atoms with Gasteiger partial charge in [-0.15, -0.1) is 5.10 Å². The molecule has 0 aliphatic rings. The number of nitrogens with one attached hydrogen (secondary N) is 1. The smallest absolute Gasteiger partial charge is 0.419 e. The summed E-state index contributed by atoms with van der Waals surface area (Å²) in [6.07, 6.45) is -1.29. The monoisotopic (exact) mass is 446 g/mol. The molecule has 2 aromatic carbocycles. The molecule has 0 atom stereocenters. The van der Waals surface area contributed by atoms with E-state index in [1.165, 1.54) is 17.9 Å². The van der Waals surface area contributed by atoms with Crippen molar-refractivity contribution in [2.75, 3.05) is 12.4 Å². The van der Waals surface area contributed by atoms with Gasteiger partial charge >= 0.3 is 6.18 Å². The zero-order valence-electron chi connectivity index (χ0n) is 17.3. The fraction of sp³-hybridized carbons (Fsp3) is 0.190. The lowest BCUT2D eigenvalue weighted by Crippen LogP contribution is -2.10. The summed E-state index contributed by atoms with van der Waals surface area (Å²) in [6.45, 7) is 1.87. The standard InChI is InChI=1S/C21H18F4N6O/c1-12-10-31(11-26-12)16-8-7-13(9-17(16)32-3)19-28-20(30(2)29-19)27-15-6-4-5-14(18(15)22)21(23,24)25/h4-11H,1-3H3,(H,27,28,29). The number of nitrogens with zero attached hydrogens (tertiary/aromatic N) is 5. The number of ether oxygens (including phenoxy) is 1. The second kappa shape index (κ2) is 7.98. The lowest BCUT2D eigenvalue weighted by atomic mass is 10.1. The first-order valence-electron chi connectivity index (χ1n) is 9.40. The quantitative estimate of drug-likeness (QED) is 0.442. The van der Waals surface area contributed by atoms with Crippen LogP contribution < -0.4 is 10.1 Å². The Morgan fingerprint density at radius 2 is 1.91 bits per heavy atom. The number of halogens is 4. The van der Waals surface area contributed by atoms with Gasteiger partial charge in [0.2, 0.25) is 5.95 Å². The van der Waals surface area contributed by atoms with Crippen LogP contribution in [-0.2, 0) is 13.2 Å². The Bertz CT molecular complexity index is 1280. The first-order chi connectivity index (χ1) is 15.2. The van der Waals surface area contributed by atoms with Crippen LogP contribution in [0.2, 0.25) is 0 Å². The number of imidazole rings is 1. The van der Waals surface area contributed by atoms with Crippen LogP contribution in [0.15, 0.2) is 48.9 Å². The molecule has 0 saturated carbocycles. The van der Waals surface area contributed by atoms with Gasteiger partial charge in [-0.05, 0) is 37.3 Å². The summed E-state index contributed by atoms with van der Waals surface area (Å²) in [6, 6.07) is 8.31. The van der Waals surface area contributed by atoms with Gasteiger partial charge in [-0.25, -0.2) is 14.1 Å². The zero-order chi connectivity index (χ0) is 23.0. The first-order valence-corrected chi connectivity index (χ1v) is 9.40. The van der Waals surface area contributed by atoms with E-state index in [-0.39, 0.29) is 17.5 Å². The minimum atomic E-state index is -4.81. The predicted octanol–water partition coefficient (Wildman–Crippen LogP) is 4.89. The van der Waals surface area contributed by atoms with Crippen molar-refractivity contribution in [2.24, 2.45) is 7.05 Å². The minimum absolute atomic E-state index is 0.0755. The van der Waals surface area contributed by atoms with Crippen molar-refractivity contribution >= 4 is 11.6 Å². The fourth-order valence-electron chi connectivity index (χ4n) is 3.17. The SMILES string of the molecule is COc1cc(-c2nc(Nc3cccc(C(F)(F)F)c3F)n(C)n2)ccc1-n1cnc(C)c1. The third-order valence-electron chi connectivity index (χ3n) is 4.74. The van der Waals surface area contributed by atoms with E-state index in [4.69, 9.17) is 4.74 Å². The molecule has 2 heterocycles. The van der Waals surface area contributed by atoms with Gasteiger partial charge in [0, 0.05) is 18.8 Å². The molecule has 4 rings (SSSR count). The number of rotatable bonds is 5. The molecule has 166 valence electrons. The third-order valence-corrected chi connectivity index (χ3v) is 4.74. The van der Waals surface area contributed by atoms with Crippen LogP contribution >= 0.6 is 0 Å². The molecular formula is C21H18F4N6O. The van der Waals surface area contributed by atoms with Gasteiger partial charge in [0.1, 0.15) is 5.75 Å². The molecule has 32 heavy (non-hydrogen) atoms. The number of methoxy groups -OCH3 is 1. The normalized spacial score (nSPS) is 11.6. The first kappa shape index (κ1) is 21.3. The zero-order valence-corrected chi connectivity index (χ0v) is 17.3. The van der Waals surface area contributed by atoms with E-state index in [2.05, 4.69) is 20.4 Å². The highest BCUT2D eigenvalue weighted by molar-refractivity contribution is 5.65. The Morgan fingerprint density at radius 3 is 2.56 bits per heavy atom. The lowest BCUT2D eigenvalue weighted by Gasteiger charge is -2.12. The highest BCUT2D eigenvalue weighted by atomic mass is 19.4. The molecule has 0 saturated heterocycles. The lowest BCUT2D eigenvalue weighted by molar-refractivity contribution is -0.139. The summed E-state index contributed by atoms with van der Waals surface area (Å²) in [5, 5.41) is 6.87. The van der Waals surface area contributed by atoms with E-state index < -0.39 is 17.6 Å². The summed E-state index contributed by atoms with van der Waals surface area (Å²) in [7, 11) is 3.08. The molecule has 7 nitrogen and oxygen atoms in total. The van der Waals surface area contributed by atoms with Gasteiger partial charge in [0.15, 0.2) is 11.6 Å². The van der Waals surface area contributed by atoms with Crippen molar-refractivity contribution in [2.45, 2.75) is 13.1 Å². The van der Waals surface area contributed by atoms with Gasteiger partial charge < -0.3 is 14.6 Å². The number of anilines is 2. The second-order valence-electron chi connectivity index (χ2n) is 6.98. The Morgan fingerprint density at radius 1 is 1.12 bits per heavy atom. The van der Waals surface area contributed by atoms with E-state index >= 15 is 0 Å². The molecule has 0 amide bonds. The Labute approximate surface area is 180 Å². The maximum atomic E-state index is 14.4. The van der Waals surface area contributed by atoms with Crippen molar-refractivity contribution < 1.29 is 22.3 Å². The van der Waals surface area contributed by atoms with Crippen LogP contribution in [0.3, 0.4) is 0 Å². The fourth-order valence-corrected chi connectivity index (χ4v) is 3.17. The molecule has 4 aromatic rings. The molecule has 0 unspecified atom stereocenters. The third kappa shape index (κ3) is 4.01. The van der Waals surface area contributed by atoms with Crippen LogP contribution in [0.25, 0.3) is 17.1 Å². The van der Waals surface area contributed by atoms with Gasteiger partial charge in [0.05, 0.1) is 36.1 Å². The average molecular weight is 446 g/mol. The number of aromatic nitrogens is 5. The molecule has 0 spiro atoms. The topological polar surface area (TPSA) is 69.8 Å². The molecule has 11 heteroatoms. The largest absolute Gasteiger partial charge is 0.495 e. The van der Waals surface area contributed by atoms with Gasteiger partial charge in [-0.3, -0.25) is 0 Å². The molecule has 2 aromatic heterocycles. The van der Waals surface area contributed by atoms with E-state index in [1.807, 2.05) is 23.8 Å². The maximum absolute atomic E-state index is 14.4. The van der Waals surface area contributed by atoms with Crippen molar-refractivity contribution in [3.05, 3.63) is 66.0 Å². The highest BCUT2D eigenvalue weighted by Crippen LogP contribution is 2.35. The Kier molecular flexibility index (Phi) is 5.33. The van der Waals surface area contributed by atoms with E-state index in [1.54, 1.807) is 25.5 Å². The summed E-state index contributed by atoms with van der Waals surface area (Å²) >= 11 is 0. The number of hydrogen-bond donors (Lipinski definition) is 1. The average Bonchev–Trinajstić information content (AvgIpc) is 3.34. The molecule has 0 aliphatic heterocycles. The molecule has 0 fully saturated rings. The summed E-state index contributed by atoms with van der Waals surface area (Å²) in [5.74, 6) is -0.502. The summed E-state index contributed by atoms with van der Waals surface area (Å²) in [4.78, 5) is 8.51. The number of hydrogen-bond acceptors (Lipinski definition) is 5.